The Kier molecular flexibility index (Phi) is 2.98. The topological polar surface area (TPSA) is 49.9 Å². The first kappa shape index (κ1) is 10.1. The van der Waals surface area contributed by atoms with Gasteiger partial charge in [0.25, 0.3) is 0 Å². The first-order valence-electron chi connectivity index (χ1n) is 3.47. The molecule has 0 amide bonds. The van der Waals surface area contributed by atoms with Gasteiger partial charge in [-0.2, -0.15) is 0 Å². The SMILES string of the molecule is N=C(N)Cc1cc(F)c(F)cc1Br. The summed E-state index contributed by atoms with van der Waals surface area (Å²) in [5.41, 5.74) is 5.59. The van der Waals surface area contributed by atoms with Crippen LogP contribution in [0.1, 0.15) is 5.56 Å². The number of nitrogens with two attached hydrogens (primary N) is 1. The third kappa shape index (κ3) is 2.48. The molecule has 0 fully saturated rings. The van der Waals surface area contributed by atoms with E-state index in [9.17, 15) is 8.78 Å². The number of hydrogen-bond donors (Lipinski definition) is 2. The van der Waals surface area contributed by atoms with Crippen molar-refractivity contribution in [3.8, 4) is 0 Å². The van der Waals surface area contributed by atoms with Crippen molar-refractivity contribution < 1.29 is 8.78 Å². The van der Waals surface area contributed by atoms with Gasteiger partial charge in [-0.1, -0.05) is 15.9 Å². The monoisotopic (exact) mass is 248 g/mol. The van der Waals surface area contributed by atoms with Crippen molar-refractivity contribution in [2.24, 2.45) is 5.73 Å². The van der Waals surface area contributed by atoms with E-state index in [1.54, 1.807) is 0 Å². The standard InChI is InChI=1S/C8H7BrF2N2/c9-5-3-7(11)6(10)1-4(5)2-8(12)13/h1,3H,2H2,(H3,12,13). The minimum absolute atomic E-state index is 0.0910. The van der Waals surface area contributed by atoms with E-state index in [2.05, 4.69) is 15.9 Å². The number of hydrogen-bond acceptors (Lipinski definition) is 1. The molecule has 0 heterocycles. The quantitative estimate of drug-likeness (QED) is 0.471. The maximum atomic E-state index is 12.7. The maximum Gasteiger partial charge on any atom is 0.159 e. The molecule has 2 nitrogen and oxygen atoms in total. The van der Waals surface area contributed by atoms with Crippen molar-refractivity contribution in [1.82, 2.24) is 0 Å². The Morgan fingerprint density at radius 3 is 2.46 bits per heavy atom. The Balaban J connectivity index is 3.08. The van der Waals surface area contributed by atoms with Crippen LogP contribution in [0.3, 0.4) is 0 Å². The van der Waals surface area contributed by atoms with Crippen LogP contribution in [-0.2, 0) is 6.42 Å². The summed E-state index contributed by atoms with van der Waals surface area (Å²) >= 11 is 3.05. The Morgan fingerprint density at radius 2 is 1.92 bits per heavy atom. The molecule has 0 bridgehead atoms. The Labute approximate surface area is 82.4 Å². The molecule has 0 aliphatic carbocycles. The number of benzene rings is 1. The Hall–Kier alpha value is -0.970. The highest BCUT2D eigenvalue weighted by Gasteiger charge is 2.08. The summed E-state index contributed by atoms with van der Waals surface area (Å²) in [6.45, 7) is 0. The average Bonchev–Trinajstić information content (AvgIpc) is 1.99. The number of rotatable bonds is 2. The molecule has 0 aromatic heterocycles. The number of amidine groups is 1. The van der Waals surface area contributed by atoms with Crippen LogP contribution >= 0.6 is 15.9 Å². The fourth-order valence-electron chi connectivity index (χ4n) is 0.904. The predicted molar refractivity (Wildman–Crippen MR) is 49.7 cm³/mol. The molecule has 0 saturated carbocycles. The largest absolute Gasteiger partial charge is 0.387 e. The van der Waals surface area contributed by atoms with Crippen molar-refractivity contribution in [2.45, 2.75) is 6.42 Å². The van der Waals surface area contributed by atoms with Gasteiger partial charge in [0.15, 0.2) is 11.6 Å². The first-order valence-corrected chi connectivity index (χ1v) is 4.26. The summed E-state index contributed by atoms with van der Waals surface area (Å²) in [4.78, 5) is 0. The van der Waals surface area contributed by atoms with E-state index < -0.39 is 11.6 Å². The van der Waals surface area contributed by atoms with E-state index in [-0.39, 0.29) is 12.3 Å². The molecule has 70 valence electrons. The normalized spacial score (nSPS) is 10.1. The molecule has 3 N–H and O–H groups in total. The second-order valence-electron chi connectivity index (χ2n) is 2.56. The van der Waals surface area contributed by atoms with Crippen LogP contribution in [0.4, 0.5) is 8.78 Å². The van der Waals surface area contributed by atoms with E-state index in [0.29, 0.717) is 10.0 Å². The van der Waals surface area contributed by atoms with Gasteiger partial charge in [-0.15, -0.1) is 0 Å². The van der Waals surface area contributed by atoms with Crippen LogP contribution in [0.15, 0.2) is 16.6 Å². The molecule has 13 heavy (non-hydrogen) atoms. The molecule has 0 unspecified atom stereocenters. The minimum atomic E-state index is -0.931. The van der Waals surface area contributed by atoms with E-state index in [1.165, 1.54) is 0 Å². The molecule has 0 aliphatic heterocycles. The van der Waals surface area contributed by atoms with Crippen molar-refractivity contribution in [3.05, 3.63) is 33.8 Å². The predicted octanol–water partition coefficient (Wildman–Crippen LogP) is 2.21. The Bertz CT molecular complexity index is 352. The van der Waals surface area contributed by atoms with E-state index in [1.807, 2.05) is 0 Å². The summed E-state index contributed by atoms with van der Waals surface area (Å²) < 4.78 is 25.7. The Morgan fingerprint density at radius 1 is 1.38 bits per heavy atom. The number of halogens is 3. The molecular weight excluding hydrogens is 242 g/mol. The van der Waals surface area contributed by atoms with Crippen molar-refractivity contribution in [2.75, 3.05) is 0 Å². The zero-order valence-electron chi connectivity index (χ0n) is 6.57. The average molecular weight is 249 g/mol. The van der Waals surface area contributed by atoms with Gasteiger partial charge < -0.3 is 5.73 Å². The summed E-state index contributed by atoms with van der Waals surface area (Å²) in [6.07, 6.45) is 0.109. The van der Waals surface area contributed by atoms with Crippen LogP contribution in [0.25, 0.3) is 0 Å². The summed E-state index contributed by atoms with van der Waals surface area (Å²) in [7, 11) is 0. The molecule has 1 rings (SSSR count). The first-order chi connectivity index (χ1) is 6.00. The summed E-state index contributed by atoms with van der Waals surface area (Å²) in [5, 5.41) is 6.99. The second kappa shape index (κ2) is 3.83. The zero-order chi connectivity index (χ0) is 10.0. The van der Waals surface area contributed by atoms with Crippen molar-refractivity contribution in [1.29, 1.82) is 5.41 Å². The van der Waals surface area contributed by atoms with Gasteiger partial charge in [0.2, 0.25) is 0 Å². The van der Waals surface area contributed by atoms with Gasteiger partial charge in [0.05, 0.1) is 5.84 Å². The van der Waals surface area contributed by atoms with Gasteiger partial charge in [-0.25, -0.2) is 8.78 Å². The highest BCUT2D eigenvalue weighted by molar-refractivity contribution is 9.10. The molecule has 0 radical (unpaired) electrons. The highest BCUT2D eigenvalue weighted by atomic mass is 79.9. The molecule has 0 saturated heterocycles. The lowest BCUT2D eigenvalue weighted by Gasteiger charge is -2.03. The lowest BCUT2D eigenvalue weighted by atomic mass is 10.1. The molecule has 0 aliphatic rings. The van der Waals surface area contributed by atoms with Crippen molar-refractivity contribution >= 4 is 21.8 Å². The second-order valence-corrected chi connectivity index (χ2v) is 3.41. The van der Waals surface area contributed by atoms with Crippen LogP contribution in [-0.4, -0.2) is 5.84 Å². The lowest BCUT2D eigenvalue weighted by molar-refractivity contribution is 0.506. The van der Waals surface area contributed by atoms with Crippen molar-refractivity contribution in [3.63, 3.8) is 0 Å². The van der Waals surface area contributed by atoms with Gasteiger partial charge in [0, 0.05) is 10.9 Å². The van der Waals surface area contributed by atoms with Crippen LogP contribution < -0.4 is 5.73 Å². The third-order valence-electron chi connectivity index (χ3n) is 1.47. The maximum absolute atomic E-state index is 12.7. The summed E-state index contributed by atoms with van der Waals surface area (Å²) in [6, 6.07) is 2.05. The molecule has 0 atom stereocenters. The molecule has 0 spiro atoms. The zero-order valence-corrected chi connectivity index (χ0v) is 8.16. The van der Waals surface area contributed by atoms with Gasteiger partial charge >= 0.3 is 0 Å². The van der Waals surface area contributed by atoms with E-state index in [4.69, 9.17) is 11.1 Å². The smallest absolute Gasteiger partial charge is 0.159 e. The van der Waals surface area contributed by atoms with Gasteiger partial charge in [0.1, 0.15) is 0 Å². The summed E-state index contributed by atoms with van der Waals surface area (Å²) in [5.74, 6) is -1.94. The van der Waals surface area contributed by atoms with E-state index >= 15 is 0 Å². The molecule has 1 aromatic rings. The van der Waals surface area contributed by atoms with Crippen LogP contribution in [0.5, 0.6) is 0 Å². The third-order valence-corrected chi connectivity index (χ3v) is 2.21. The van der Waals surface area contributed by atoms with E-state index in [0.717, 1.165) is 12.1 Å². The fraction of sp³-hybridized carbons (Fsp3) is 0.125. The highest BCUT2D eigenvalue weighted by Crippen LogP contribution is 2.20. The van der Waals surface area contributed by atoms with Gasteiger partial charge in [-0.3, -0.25) is 5.41 Å². The molecular formula is C8H7BrF2N2. The molecule has 1 aromatic carbocycles. The lowest BCUT2D eigenvalue weighted by Crippen LogP contribution is -2.13. The van der Waals surface area contributed by atoms with Gasteiger partial charge in [-0.05, 0) is 17.7 Å². The minimum Gasteiger partial charge on any atom is -0.387 e. The molecule has 5 heteroatoms. The fourth-order valence-corrected chi connectivity index (χ4v) is 1.36. The van der Waals surface area contributed by atoms with Crippen LogP contribution in [0, 0.1) is 17.0 Å². The number of nitrogens with one attached hydrogen (secondary N) is 1. The van der Waals surface area contributed by atoms with Crippen LogP contribution in [0.2, 0.25) is 0 Å².